The number of hydrogen-bond acceptors (Lipinski definition) is 7. The summed E-state index contributed by atoms with van der Waals surface area (Å²) in [4.78, 5) is 29.0. The number of nitrogens with zero attached hydrogens (tertiary/aromatic N) is 7. The quantitative estimate of drug-likeness (QED) is 0.661. The van der Waals surface area contributed by atoms with Crippen LogP contribution in [0, 0.1) is 11.3 Å². The van der Waals surface area contributed by atoms with Gasteiger partial charge in [0.15, 0.2) is 11.5 Å². The Hall–Kier alpha value is -3.61. The van der Waals surface area contributed by atoms with E-state index < -0.39 is 18.5 Å². The molecule has 0 saturated carbocycles. The maximum atomic E-state index is 12.6. The van der Waals surface area contributed by atoms with Gasteiger partial charge in [0.1, 0.15) is 6.07 Å². The second kappa shape index (κ2) is 7.79. The molecule has 0 bridgehead atoms. The van der Waals surface area contributed by atoms with Gasteiger partial charge in [-0.3, -0.25) is 9.36 Å². The molecular weight excluding hydrogens is 380 g/mol. The molecule has 2 aromatic heterocycles. The first-order valence-corrected chi connectivity index (χ1v) is 9.05. The fourth-order valence-corrected chi connectivity index (χ4v) is 3.44. The number of aromatic nitrogens is 4. The van der Waals surface area contributed by atoms with Gasteiger partial charge in [0, 0.05) is 44.3 Å². The lowest BCUT2D eigenvalue weighted by Gasteiger charge is -2.36. The molecule has 3 heterocycles. The molecule has 1 fully saturated rings. The minimum atomic E-state index is -2.61. The maximum absolute atomic E-state index is 12.6. The molecule has 0 radical (unpaired) electrons. The van der Waals surface area contributed by atoms with Crippen LogP contribution in [0.1, 0.15) is 5.69 Å². The van der Waals surface area contributed by atoms with Crippen LogP contribution in [0.3, 0.4) is 0 Å². The molecule has 1 aliphatic rings. The van der Waals surface area contributed by atoms with Crippen LogP contribution in [-0.4, -0.2) is 52.1 Å². The minimum Gasteiger partial charge on any atom is -0.368 e. The Morgan fingerprint density at radius 1 is 1.07 bits per heavy atom. The van der Waals surface area contributed by atoms with Crippen LogP contribution < -0.4 is 15.4 Å². The number of benzene rings is 1. The first kappa shape index (κ1) is 18.7. The van der Waals surface area contributed by atoms with Gasteiger partial charge in [-0.25, -0.2) is 23.7 Å². The van der Waals surface area contributed by atoms with Gasteiger partial charge in [0.2, 0.25) is 0 Å². The number of nitriles is 1. The molecule has 0 aliphatic carbocycles. The van der Waals surface area contributed by atoms with Gasteiger partial charge in [-0.15, -0.1) is 0 Å². The molecule has 8 nitrogen and oxygen atoms in total. The summed E-state index contributed by atoms with van der Waals surface area (Å²) >= 11 is 0. The van der Waals surface area contributed by atoms with Crippen molar-refractivity contribution in [3.8, 4) is 6.07 Å². The van der Waals surface area contributed by atoms with Gasteiger partial charge < -0.3 is 9.80 Å². The molecule has 4 rings (SSSR count). The second-order valence-electron chi connectivity index (χ2n) is 6.61. The van der Waals surface area contributed by atoms with Crippen LogP contribution in [0.15, 0.2) is 41.7 Å². The summed E-state index contributed by atoms with van der Waals surface area (Å²) in [5.41, 5.74) is 1.20. The topological polar surface area (TPSA) is 90.9 Å². The van der Waals surface area contributed by atoms with Gasteiger partial charge >= 0.3 is 0 Å². The molecule has 1 saturated heterocycles. The fraction of sp³-hybridized carbons (Fsp3) is 0.316. The summed E-state index contributed by atoms with van der Waals surface area (Å²) in [5.74, 6) is 0.578. The molecule has 1 aliphatic heterocycles. The Kier molecular flexibility index (Phi) is 5.03. The van der Waals surface area contributed by atoms with Crippen LogP contribution in [0.4, 0.5) is 20.3 Å². The van der Waals surface area contributed by atoms with E-state index in [1.54, 1.807) is 24.4 Å². The maximum Gasteiger partial charge on any atom is 0.261 e. The highest BCUT2D eigenvalue weighted by atomic mass is 19.3. The number of piperazine rings is 1. The highest BCUT2D eigenvalue weighted by molar-refractivity contribution is 5.81. The first-order valence-electron chi connectivity index (χ1n) is 9.05. The Morgan fingerprint density at radius 2 is 1.79 bits per heavy atom. The van der Waals surface area contributed by atoms with E-state index in [1.807, 2.05) is 4.90 Å². The summed E-state index contributed by atoms with van der Waals surface area (Å²) in [6, 6.07) is 7.29. The van der Waals surface area contributed by atoms with E-state index in [-0.39, 0.29) is 0 Å². The van der Waals surface area contributed by atoms with Crippen LogP contribution in [0.25, 0.3) is 10.9 Å². The molecule has 148 valence electrons. The molecule has 10 heteroatoms. The van der Waals surface area contributed by atoms with Crippen molar-refractivity contribution >= 4 is 22.4 Å². The lowest BCUT2D eigenvalue weighted by molar-refractivity contribution is 0.125. The van der Waals surface area contributed by atoms with Gasteiger partial charge in [-0.1, -0.05) is 0 Å². The predicted octanol–water partition coefficient (Wildman–Crippen LogP) is 1.65. The molecule has 3 aromatic rings. The van der Waals surface area contributed by atoms with Crippen LogP contribution in [0.2, 0.25) is 0 Å². The van der Waals surface area contributed by atoms with Crippen molar-refractivity contribution in [1.82, 2.24) is 19.5 Å². The number of alkyl halides is 2. The molecule has 1 aromatic carbocycles. The third-order valence-corrected chi connectivity index (χ3v) is 4.87. The third-order valence-electron chi connectivity index (χ3n) is 4.87. The van der Waals surface area contributed by atoms with Gasteiger partial charge in [0.25, 0.3) is 12.0 Å². The van der Waals surface area contributed by atoms with Crippen LogP contribution in [-0.2, 0) is 6.54 Å². The van der Waals surface area contributed by atoms with Gasteiger partial charge in [0.05, 0.1) is 23.8 Å². The molecule has 0 N–H and O–H groups in total. The number of hydrogen-bond donors (Lipinski definition) is 0. The normalized spacial score (nSPS) is 14.4. The molecule has 0 spiro atoms. The van der Waals surface area contributed by atoms with E-state index in [2.05, 4.69) is 25.9 Å². The zero-order valence-corrected chi connectivity index (χ0v) is 15.4. The first-order chi connectivity index (χ1) is 14.1. The average molecular weight is 397 g/mol. The van der Waals surface area contributed by atoms with Gasteiger partial charge in [-0.05, 0) is 18.2 Å². The lowest BCUT2D eigenvalue weighted by atomic mass is 10.2. The summed E-state index contributed by atoms with van der Waals surface area (Å²) in [7, 11) is 0. The van der Waals surface area contributed by atoms with Crippen molar-refractivity contribution in [3.63, 3.8) is 0 Å². The van der Waals surface area contributed by atoms with E-state index in [1.165, 1.54) is 6.20 Å². The van der Waals surface area contributed by atoms with E-state index in [0.717, 1.165) is 16.6 Å². The molecule has 0 amide bonds. The van der Waals surface area contributed by atoms with E-state index in [9.17, 15) is 18.8 Å². The SMILES string of the molecule is N#Cc1nccnc1N1CCN(c2ccc3c(=O)n(CC(F)F)cnc3c2)CC1. The van der Waals surface area contributed by atoms with Crippen molar-refractivity contribution < 1.29 is 8.78 Å². The summed E-state index contributed by atoms with van der Waals surface area (Å²) in [6.45, 7) is 2.03. The zero-order chi connectivity index (χ0) is 20.4. The monoisotopic (exact) mass is 397 g/mol. The van der Waals surface area contributed by atoms with Crippen LogP contribution >= 0.6 is 0 Å². The number of fused-ring (bicyclic) bond motifs is 1. The highest BCUT2D eigenvalue weighted by Gasteiger charge is 2.21. The number of anilines is 2. The van der Waals surface area contributed by atoms with E-state index >= 15 is 0 Å². The molecule has 0 unspecified atom stereocenters. The molecular formula is C19H17F2N7O. The smallest absolute Gasteiger partial charge is 0.261 e. The number of halogens is 2. The van der Waals surface area contributed by atoms with E-state index in [0.29, 0.717) is 48.6 Å². The van der Waals surface area contributed by atoms with E-state index in [4.69, 9.17) is 0 Å². The second-order valence-corrected chi connectivity index (χ2v) is 6.61. The Bertz CT molecular complexity index is 1130. The Labute approximate surface area is 164 Å². The molecule has 29 heavy (non-hydrogen) atoms. The van der Waals surface area contributed by atoms with Crippen molar-refractivity contribution in [2.75, 3.05) is 36.0 Å². The lowest BCUT2D eigenvalue weighted by Crippen LogP contribution is -2.47. The van der Waals surface area contributed by atoms with Crippen molar-refractivity contribution in [3.05, 3.63) is 53.0 Å². The number of rotatable bonds is 4. The Balaban J connectivity index is 1.53. The van der Waals surface area contributed by atoms with Crippen molar-refractivity contribution in [1.29, 1.82) is 5.26 Å². The Morgan fingerprint density at radius 3 is 2.52 bits per heavy atom. The fourth-order valence-electron chi connectivity index (χ4n) is 3.44. The van der Waals surface area contributed by atoms with Crippen molar-refractivity contribution in [2.24, 2.45) is 0 Å². The largest absolute Gasteiger partial charge is 0.368 e. The summed E-state index contributed by atoms with van der Waals surface area (Å²) in [5, 5.41) is 9.52. The minimum absolute atomic E-state index is 0.302. The van der Waals surface area contributed by atoms with Gasteiger partial charge in [-0.2, -0.15) is 5.26 Å². The summed E-state index contributed by atoms with van der Waals surface area (Å²) in [6.07, 6.45) is 1.61. The average Bonchev–Trinajstić information content (AvgIpc) is 2.75. The predicted molar refractivity (Wildman–Crippen MR) is 103 cm³/mol. The highest BCUT2D eigenvalue weighted by Crippen LogP contribution is 2.23. The van der Waals surface area contributed by atoms with Crippen molar-refractivity contribution in [2.45, 2.75) is 13.0 Å². The molecule has 0 atom stereocenters. The summed E-state index contributed by atoms with van der Waals surface area (Å²) < 4.78 is 26.1. The van der Waals surface area contributed by atoms with Crippen LogP contribution in [0.5, 0.6) is 0 Å². The standard InChI is InChI=1S/C19H17F2N7O/c20-17(21)11-28-12-25-15-9-13(1-2-14(15)19(28)29)26-5-7-27(8-6-26)18-16(10-22)23-3-4-24-18/h1-4,9,12,17H,5-8,11H2. The third kappa shape index (κ3) is 3.71. The zero-order valence-electron chi connectivity index (χ0n) is 15.4.